The highest BCUT2D eigenvalue weighted by Crippen LogP contribution is 2.69. The Balaban J connectivity index is 1.58. The van der Waals surface area contributed by atoms with Crippen LogP contribution >= 0.6 is 23.4 Å². The summed E-state index contributed by atoms with van der Waals surface area (Å²) in [4.78, 5) is 44.1. The molecule has 3 unspecified atom stereocenters. The number of nitrogens with zero attached hydrogens (tertiary/aromatic N) is 1. The van der Waals surface area contributed by atoms with Crippen molar-refractivity contribution >= 4 is 52.5 Å². The van der Waals surface area contributed by atoms with Crippen molar-refractivity contribution in [3.8, 4) is 0 Å². The Labute approximate surface area is 239 Å². The van der Waals surface area contributed by atoms with Gasteiger partial charge in [-0.1, -0.05) is 69.1 Å². The number of halogens is 1. The van der Waals surface area contributed by atoms with E-state index in [1.165, 1.54) is 0 Å². The molecule has 1 spiro atoms. The van der Waals surface area contributed by atoms with Crippen LogP contribution in [0.4, 0.5) is 11.4 Å². The minimum atomic E-state index is -0.851. The molecular formula is C30H36ClN3O4S. The fourth-order valence-corrected chi connectivity index (χ4v) is 9.64. The topological polar surface area (TPSA) is 98.7 Å². The predicted octanol–water partition coefficient (Wildman–Crippen LogP) is 4.97. The zero-order valence-electron chi connectivity index (χ0n) is 22.7. The molecule has 0 saturated carbocycles. The lowest BCUT2D eigenvalue weighted by Gasteiger charge is -2.41. The van der Waals surface area contributed by atoms with Crippen molar-refractivity contribution in [3.63, 3.8) is 0 Å². The van der Waals surface area contributed by atoms with Crippen LogP contribution in [-0.2, 0) is 14.4 Å². The molecule has 8 atom stereocenters. The van der Waals surface area contributed by atoms with Gasteiger partial charge in [0, 0.05) is 10.9 Å². The van der Waals surface area contributed by atoms with Crippen LogP contribution in [0.5, 0.6) is 0 Å². The molecule has 0 aromatic heterocycles. The normalized spacial score (nSPS) is 30.7. The van der Waals surface area contributed by atoms with Crippen LogP contribution < -0.4 is 10.6 Å². The lowest BCUT2D eigenvalue weighted by atomic mass is 9.65. The molecule has 3 heterocycles. The number of aliphatic hydroxyl groups is 1. The average molecular weight is 570 g/mol. The Morgan fingerprint density at radius 2 is 1.87 bits per heavy atom. The van der Waals surface area contributed by atoms with E-state index in [0.717, 1.165) is 18.4 Å². The van der Waals surface area contributed by atoms with Gasteiger partial charge in [0.25, 0.3) is 0 Å². The Bertz CT molecular complexity index is 1260. The van der Waals surface area contributed by atoms with Gasteiger partial charge in [-0.15, -0.1) is 11.8 Å². The Morgan fingerprint density at radius 3 is 2.51 bits per heavy atom. The van der Waals surface area contributed by atoms with E-state index in [9.17, 15) is 19.5 Å². The summed E-state index contributed by atoms with van der Waals surface area (Å²) in [6.07, 6.45) is 1.46. The zero-order chi connectivity index (χ0) is 28.1. The van der Waals surface area contributed by atoms with Crippen LogP contribution in [0.2, 0.25) is 5.02 Å². The molecule has 9 heteroatoms. The molecule has 3 aliphatic rings. The summed E-state index contributed by atoms with van der Waals surface area (Å²) in [5.41, 5.74) is 2.01. The highest BCUT2D eigenvalue weighted by Gasteiger charge is 2.76. The highest BCUT2D eigenvalue weighted by molar-refractivity contribution is 8.02. The minimum Gasteiger partial charge on any atom is -0.394 e. The van der Waals surface area contributed by atoms with Crippen LogP contribution in [0.1, 0.15) is 39.2 Å². The fraction of sp³-hybridized carbons (Fsp3) is 0.500. The van der Waals surface area contributed by atoms with E-state index in [0.29, 0.717) is 16.4 Å². The third kappa shape index (κ3) is 4.45. The lowest BCUT2D eigenvalue weighted by molar-refractivity contribution is -0.142. The van der Waals surface area contributed by atoms with Crippen molar-refractivity contribution in [1.82, 2.24) is 4.90 Å². The van der Waals surface area contributed by atoms with Crippen LogP contribution in [0.25, 0.3) is 0 Å². The Kier molecular flexibility index (Phi) is 7.74. The number of hydrogen-bond donors (Lipinski definition) is 3. The van der Waals surface area contributed by atoms with Crippen LogP contribution in [0, 0.1) is 30.6 Å². The number of hydrogen-bond acceptors (Lipinski definition) is 5. The number of benzene rings is 2. The quantitative estimate of drug-likeness (QED) is 0.417. The first-order valence-corrected chi connectivity index (χ1v) is 14.9. The van der Waals surface area contributed by atoms with Crippen molar-refractivity contribution in [3.05, 3.63) is 59.1 Å². The summed E-state index contributed by atoms with van der Waals surface area (Å²) in [6.45, 7) is 7.69. The van der Waals surface area contributed by atoms with Crippen LogP contribution in [0.3, 0.4) is 0 Å². The van der Waals surface area contributed by atoms with Gasteiger partial charge in [0.05, 0.1) is 39.9 Å². The van der Waals surface area contributed by atoms with E-state index in [4.69, 9.17) is 11.6 Å². The second-order valence-corrected chi connectivity index (χ2v) is 13.2. The van der Waals surface area contributed by atoms with E-state index in [2.05, 4.69) is 17.6 Å². The molecule has 2 bridgehead atoms. The highest BCUT2D eigenvalue weighted by atomic mass is 35.5. The Morgan fingerprint density at radius 1 is 1.15 bits per heavy atom. The smallest absolute Gasteiger partial charge is 0.248 e. The predicted molar refractivity (Wildman–Crippen MR) is 156 cm³/mol. The summed E-state index contributed by atoms with van der Waals surface area (Å²) in [7, 11) is 0. The number of amides is 3. The lowest BCUT2D eigenvalue weighted by Crippen LogP contribution is -2.58. The molecule has 3 amide bonds. The molecule has 3 N–H and O–H groups in total. The van der Waals surface area contributed by atoms with Gasteiger partial charge in [-0.05, 0) is 48.9 Å². The maximum absolute atomic E-state index is 14.4. The first-order chi connectivity index (χ1) is 18.6. The molecule has 3 aliphatic heterocycles. The standard InChI is InChI=1S/C30H36ClN3O4S/c1-5-16(2)21(15-35)34-26(28(37)33-25-17(3)10-9-13-20(25)31)30-18(4)14-22(39-30)23(24(30)29(34)38)27(36)32-19-11-7-6-8-12-19/h6-13,16,18,21-24,26,35H,5,14-15H2,1-4H3,(H,32,36)(H,33,37)/t16-,18?,21-,22+,23-,24-,26?,30?/m0/s1. The molecule has 3 saturated heterocycles. The number of thioether (sulfide) groups is 1. The number of aliphatic hydroxyl groups excluding tert-OH is 1. The fourth-order valence-electron chi connectivity index (χ4n) is 6.96. The first-order valence-electron chi connectivity index (χ1n) is 13.7. The van der Waals surface area contributed by atoms with Crippen LogP contribution in [-0.4, -0.2) is 56.4 Å². The van der Waals surface area contributed by atoms with Gasteiger partial charge in [0.15, 0.2) is 0 Å². The third-order valence-electron chi connectivity index (χ3n) is 9.09. The van der Waals surface area contributed by atoms with E-state index in [1.54, 1.807) is 22.7 Å². The Hall–Kier alpha value is -2.55. The van der Waals surface area contributed by atoms with Gasteiger partial charge >= 0.3 is 0 Å². The van der Waals surface area contributed by atoms with Gasteiger partial charge < -0.3 is 20.6 Å². The molecule has 7 nitrogen and oxygen atoms in total. The number of fused-ring (bicyclic) bond motifs is 1. The number of carbonyl (C=O) groups is 3. The molecule has 39 heavy (non-hydrogen) atoms. The van der Waals surface area contributed by atoms with E-state index < -0.39 is 28.7 Å². The summed E-state index contributed by atoms with van der Waals surface area (Å²) < 4.78 is -0.791. The largest absolute Gasteiger partial charge is 0.394 e. The van der Waals surface area contributed by atoms with Crippen LogP contribution in [0.15, 0.2) is 48.5 Å². The summed E-state index contributed by atoms with van der Waals surface area (Å²) >= 11 is 8.09. The first kappa shape index (κ1) is 28.0. The van der Waals surface area contributed by atoms with E-state index >= 15 is 0 Å². The SMILES string of the molecule is CC[C@H](C)[C@H](CO)N1C(=O)[C@@H]2[C@@H](C(=O)Nc3ccccc3)[C@H]3CC(C)C2(S3)C1C(=O)Nc1c(C)cccc1Cl. The van der Waals surface area contributed by atoms with Crippen molar-refractivity contribution in [1.29, 1.82) is 0 Å². The zero-order valence-corrected chi connectivity index (χ0v) is 24.3. The maximum atomic E-state index is 14.4. The molecule has 5 rings (SSSR count). The number of para-hydroxylation sites is 2. The van der Waals surface area contributed by atoms with Gasteiger partial charge in [0.2, 0.25) is 17.7 Å². The number of aryl methyl sites for hydroxylation is 1. The van der Waals surface area contributed by atoms with Crippen molar-refractivity contribution < 1.29 is 19.5 Å². The molecule has 0 radical (unpaired) electrons. The molecule has 3 fully saturated rings. The van der Waals surface area contributed by atoms with E-state index in [1.807, 2.05) is 63.2 Å². The van der Waals surface area contributed by atoms with Gasteiger partial charge in [-0.3, -0.25) is 14.4 Å². The van der Waals surface area contributed by atoms with E-state index in [-0.39, 0.29) is 41.4 Å². The molecular weight excluding hydrogens is 534 g/mol. The molecule has 2 aromatic rings. The second-order valence-electron chi connectivity index (χ2n) is 11.2. The van der Waals surface area contributed by atoms with Gasteiger partial charge in [0.1, 0.15) is 6.04 Å². The monoisotopic (exact) mass is 569 g/mol. The van der Waals surface area contributed by atoms with Crippen molar-refractivity contribution in [2.45, 2.75) is 62.6 Å². The minimum absolute atomic E-state index is 0.0200. The third-order valence-corrected chi connectivity index (χ3v) is 11.5. The average Bonchev–Trinajstić information content (AvgIpc) is 3.51. The maximum Gasteiger partial charge on any atom is 0.248 e. The molecule has 208 valence electrons. The van der Waals surface area contributed by atoms with Gasteiger partial charge in [-0.2, -0.15) is 0 Å². The van der Waals surface area contributed by atoms with Crippen molar-refractivity contribution in [2.75, 3.05) is 17.2 Å². The number of likely N-dealkylation sites (tertiary alicyclic amines) is 1. The summed E-state index contributed by atoms with van der Waals surface area (Å²) in [5.74, 6) is -2.00. The summed E-state index contributed by atoms with van der Waals surface area (Å²) in [5, 5.41) is 16.9. The number of nitrogens with one attached hydrogen (secondary N) is 2. The molecule has 0 aliphatic carbocycles. The second kappa shape index (κ2) is 10.8. The number of rotatable bonds is 8. The summed E-state index contributed by atoms with van der Waals surface area (Å²) in [6, 6.07) is 13.3. The molecule has 2 aromatic carbocycles. The number of anilines is 2. The number of carbonyl (C=O) groups excluding carboxylic acids is 3. The van der Waals surface area contributed by atoms with Gasteiger partial charge in [-0.25, -0.2) is 0 Å². The van der Waals surface area contributed by atoms with Crippen molar-refractivity contribution in [2.24, 2.45) is 23.7 Å².